The van der Waals surface area contributed by atoms with Gasteiger partial charge in [0.25, 0.3) is 0 Å². The van der Waals surface area contributed by atoms with Crippen molar-refractivity contribution in [3.8, 4) is 5.75 Å². The molecule has 0 unspecified atom stereocenters. The van der Waals surface area contributed by atoms with Gasteiger partial charge in [0.15, 0.2) is 11.6 Å². The predicted molar refractivity (Wildman–Crippen MR) is 51.2 cm³/mol. The third kappa shape index (κ3) is 1.80. The summed E-state index contributed by atoms with van der Waals surface area (Å²) < 4.78 is 23.0. The lowest BCUT2D eigenvalue weighted by molar-refractivity contribution is 0.0211. The minimum Gasteiger partial charge on any atom is -0.494 e. The Bertz CT molecular complexity index is 326. The lowest BCUT2D eigenvalue weighted by Gasteiger charge is -2.27. The summed E-state index contributed by atoms with van der Waals surface area (Å²) in [5.74, 6) is -0.0850. The average Bonchev–Trinajstić information content (AvgIpc) is 2.12. The first-order valence-electron chi connectivity index (χ1n) is 4.47. The first kappa shape index (κ1) is 9.27. The van der Waals surface area contributed by atoms with Gasteiger partial charge in [0.05, 0.1) is 26.4 Å². The Balaban J connectivity index is 2.07. The zero-order valence-corrected chi connectivity index (χ0v) is 7.92. The summed E-state index contributed by atoms with van der Waals surface area (Å²) in [6.07, 6.45) is 0. The molecule has 0 aliphatic carbocycles. The van der Waals surface area contributed by atoms with Crippen LogP contribution in [0.25, 0.3) is 0 Å². The molecule has 0 atom stereocenters. The van der Waals surface area contributed by atoms with E-state index in [1.54, 1.807) is 12.1 Å². The molecule has 1 aliphatic heterocycles. The molecule has 14 heavy (non-hydrogen) atoms. The molecule has 1 fully saturated rings. The highest BCUT2D eigenvalue weighted by Gasteiger charge is 2.18. The zero-order chi connectivity index (χ0) is 9.97. The molecule has 3 nitrogen and oxygen atoms in total. The standard InChI is InChI=1S/C10H12FNO2/c1-13-10-3-2-7(4-9(10)11)12-8-5-14-6-8/h2-4,8,12H,5-6H2,1H3. The molecule has 0 aromatic heterocycles. The van der Waals surface area contributed by atoms with Crippen molar-refractivity contribution >= 4 is 5.69 Å². The smallest absolute Gasteiger partial charge is 0.167 e. The van der Waals surface area contributed by atoms with Gasteiger partial charge in [0, 0.05) is 11.8 Å². The fourth-order valence-corrected chi connectivity index (χ4v) is 1.31. The number of nitrogens with one attached hydrogen (secondary N) is 1. The Hall–Kier alpha value is -1.29. The van der Waals surface area contributed by atoms with Gasteiger partial charge in [-0.3, -0.25) is 0 Å². The maximum atomic E-state index is 13.2. The molecule has 4 heteroatoms. The Morgan fingerprint density at radius 2 is 2.29 bits per heavy atom. The van der Waals surface area contributed by atoms with Gasteiger partial charge in [-0.2, -0.15) is 0 Å². The molecule has 2 rings (SSSR count). The van der Waals surface area contributed by atoms with Crippen molar-refractivity contribution in [3.05, 3.63) is 24.0 Å². The van der Waals surface area contributed by atoms with Gasteiger partial charge in [-0.1, -0.05) is 0 Å². The van der Waals surface area contributed by atoms with Gasteiger partial charge >= 0.3 is 0 Å². The molecule has 0 spiro atoms. The maximum Gasteiger partial charge on any atom is 0.167 e. The Morgan fingerprint density at radius 3 is 2.79 bits per heavy atom. The number of halogens is 1. The van der Waals surface area contributed by atoms with Crippen molar-refractivity contribution in [2.24, 2.45) is 0 Å². The van der Waals surface area contributed by atoms with E-state index in [2.05, 4.69) is 5.32 Å². The fourth-order valence-electron chi connectivity index (χ4n) is 1.31. The van der Waals surface area contributed by atoms with E-state index in [1.807, 2.05) is 0 Å². The maximum absolute atomic E-state index is 13.2. The van der Waals surface area contributed by atoms with Crippen LogP contribution in [-0.4, -0.2) is 26.4 Å². The number of hydrogen-bond acceptors (Lipinski definition) is 3. The van der Waals surface area contributed by atoms with E-state index in [9.17, 15) is 4.39 Å². The molecule has 0 bridgehead atoms. The van der Waals surface area contributed by atoms with Gasteiger partial charge < -0.3 is 14.8 Å². The van der Waals surface area contributed by atoms with Gasteiger partial charge in [0.2, 0.25) is 0 Å². The summed E-state index contributed by atoms with van der Waals surface area (Å²) in [7, 11) is 1.45. The fraction of sp³-hybridized carbons (Fsp3) is 0.400. The van der Waals surface area contributed by atoms with E-state index in [0.717, 1.165) is 5.69 Å². The molecule has 0 radical (unpaired) electrons. The van der Waals surface area contributed by atoms with Gasteiger partial charge in [-0.05, 0) is 12.1 Å². The minimum absolute atomic E-state index is 0.264. The summed E-state index contributed by atoms with van der Waals surface area (Å²) in [5.41, 5.74) is 0.761. The van der Waals surface area contributed by atoms with Crippen LogP contribution in [-0.2, 0) is 4.74 Å². The van der Waals surface area contributed by atoms with Gasteiger partial charge in [-0.15, -0.1) is 0 Å². The third-order valence-corrected chi connectivity index (χ3v) is 2.16. The number of hydrogen-bond donors (Lipinski definition) is 1. The summed E-state index contributed by atoms with van der Waals surface area (Å²) in [6, 6.07) is 5.14. The highest BCUT2D eigenvalue weighted by Crippen LogP contribution is 2.21. The first-order valence-corrected chi connectivity index (χ1v) is 4.47. The zero-order valence-electron chi connectivity index (χ0n) is 7.92. The second kappa shape index (κ2) is 3.84. The SMILES string of the molecule is COc1ccc(NC2COC2)cc1F. The van der Waals surface area contributed by atoms with Crippen molar-refractivity contribution in [2.75, 3.05) is 25.6 Å². The van der Waals surface area contributed by atoms with Crippen LogP contribution < -0.4 is 10.1 Å². The highest BCUT2D eigenvalue weighted by atomic mass is 19.1. The second-order valence-corrected chi connectivity index (χ2v) is 3.23. The topological polar surface area (TPSA) is 30.5 Å². The molecule has 0 saturated carbocycles. The number of methoxy groups -OCH3 is 1. The Morgan fingerprint density at radius 1 is 1.50 bits per heavy atom. The molecular weight excluding hydrogens is 185 g/mol. The number of anilines is 1. The molecule has 1 saturated heterocycles. The monoisotopic (exact) mass is 197 g/mol. The van der Waals surface area contributed by atoms with Crippen LogP contribution >= 0.6 is 0 Å². The lowest BCUT2D eigenvalue weighted by Crippen LogP contribution is -2.40. The molecule has 1 N–H and O–H groups in total. The quantitative estimate of drug-likeness (QED) is 0.799. The van der Waals surface area contributed by atoms with Crippen LogP contribution in [0.1, 0.15) is 0 Å². The van der Waals surface area contributed by atoms with Gasteiger partial charge in [-0.25, -0.2) is 4.39 Å². The van der Waals surface area contributed by atoms with Crippen LogP contribution in [0, 0.1) is 5.82 Å². The lowest BCUT2D eigenvalue weighted by atomic mass is 10.2. The first-order chi connectivity index (χ1) is 6.79. The highest BCUT2D eigenvalue weighted by molar-refractivity contribution is 5.48. The van der Waals surface area contributed by atoms with E-state index in [-0.39, 0.29) is 11.6 Å². The molecular formula is C10H12FNO2. The van der Waals surface area contributed by atoms with Crippen molar-refractivity contribution in [1.29, 1.82) is 0 Å². The summed E-state index contributed by atoms with van der Waals surface area (Å²) in [5, 5.41) is 3.15. The minimum atomic E-state index is -0.349. The van der Waals surface area contributed by atoms with Crippen LogP contribution in [0.15, 0.2) is 18.2 Å². The number of benzene rings is 1. The third-order valence-electron chi connectivity index (χ3n) is 2.16. The van der Waals surface area contributed by atoms with E-state index in [4.69, 9.17) is 9.47 Å². The van der Waals surface area contributed by atoms with Crippen LogP contribution in [0.3, 0.4) is 0 Å². The molecule has 1 aromatic carbocycles. The molecule has 0 amide bonds. The Labute approximate surface area is 81.8 Å². The van der Waals surface area contributed by atoms with E-state index in [1.165, 1.54) is 13.2 Å². The largest absolute Gasteiger partial charge is 0.494 e. The summed E-state index contributed by atoms with van der Waals surface area (Å²) in [4.78, 5) is 0. The second-order valence-electron chi connectivity index (χ2n) is 3.23. The Kier molecular flexibility index (Phi) is 2.54. The van der Waals surface area contributed by atoms with Crippen molar-refractivity contribution in [2.45, 2.75) is 6.04 Å². The normalized spacial score (nSPS) is 16.1. The van der Waals surface area contributed by atoms with Crippen LogP contribution in [0.4, 0.5) is 10.1 Å². The predicted octanol–water partition coefficient (Wildman–Crippen LogP) is 1.64. The summed E-state index contributed by atoms with van der Waals surface area (Å²) >= 11 is 0. The van der Waals surface area contributed by atoms with Crippen LogP contribution in [0.5, 0.6) is 5.75 Å². The van der Waals surface area contributed by atoms with Crippen molar-refractivity contribution in [3.63, 3.8) is 0 Å². The molecule has 1 aromatic rings. The van der Waals surface area contributed by atoms with Crippen molar-refractivity contribution in [1.82, 2.24) is 0 Å². The summed E-state index contributed by atoms with van der Waals surface area (Å²) in [6.45, 7) is 1.38. The molecule has 1 aliphatic rings. The number of ether oxygens (including phenoxy) is 2. The van der Waals surface area contributed by atoms with Gasteiger partial charge in [0.1, 0.15) is 0 Å². The molecule has 76 valence electrons. The number of rotatable bonds is 3. The van der Waals surface area contributed by atoms with E-state index >= 15 is 0 Å². The van der Waals surface area contributed by atoms with Crippen molar-refractivity contribution < 1.29 is 13.9 Å². The van der Waals surface area contributed by atoms with Crippen LogP contribution in [0.2, 0.25) is 0 Å². The molecule has 1 heterocycles. The van der Waals surface area contributed by atoms with E-state index < -0.39 is 0 Å². The van der Waals surface area contributed by atoms with E-state index in [0.29, 0.717) is 19.3 Å². The average molecular weight is 197 g/mol.